The van der Waals surface area contributed by atoms with Crippen molar-refractivity contribution >= 4 is 11.3 Å². The van der Waals surface area contributed by atoms with Crippen molar-refractivity contribution in [1.29, 1.82) is 0 Å². The van der Waals surface area contributed by atoms with Crippen LogP contribution in [-0.2, 0) is 11.3 Å². The molecule has 0 saturated carbocycles. The fourth-order valence-electron chi connectivity index (χ4n) is 1.46. The number of hydrogen-bond donors (Lipinski definition) is 0. The lowest BCUT2D eigenvalue weighted by molar-refractivity contribution is 0.0346. The van der Waals surface area contributed by atoms with E-state index in [0.29, 0.717) is 0 Å². The van der Waals surface area contributed by atoms with Crippen molar-refractivity contribution in [3.63, 3.8) is 0 Å². The smallest absolute Gasteiger partial charge is 0.0897 e. The van der Waals surface area contributed by atoms with Crippen molar-refractivity contribution in [2.45, 2.75) is 27.3 Å². The molecule has 2 heterocycles. The molecule has 3 nitrogen and oxygen atoms in total. The van der Waals surface area contributed by atoms with Gasteiger partial charge in [-0.3, -0.25) is 4.90 Å². The maximum absolute atomic E-state index is 5.29. The number of aryl methyl sites for hydroxylation is 1. The monoisotopic (exact) mass is 228 g/mol. The summed E-state index contributed by atoms with van der Waals surface area (Å²) in [4.78, 5) is 8.02. The second-order valence-electron chi connectivity index (χ2n) is 3.23. The highest BCUT2D eigenvalue weighted by molar-refractivity contribution is 7.11. The topological polar surface area (TPSA) is 25.4 Å². The molecule has 0 amide bonds. The normalized spacial score (nSPS) is 17.0. The van der Waals surface area contributed by atoms with Crippen LogP contribution in [0.3, 0.4) is 0 Å². The van der Waals surface area contributed by atoms with E-state index in [4.69, 9.17) is 4.74 Å². The summed E-state index contributed by atoms with van der Waals surface area (Å²) in [6, 6.07) is 0. The Morgan fingerprint density at radius 2 is 2.07 bits per heavy atom. The second-order valence-corrected chi connectivity index (χ2v) is 4.55. The van der Waals surface area contributed by atoms with Crippen LogP contribution in [0.2, 0.25) is 0 Å². The molecule has 86 valence electrons. The fraction of sp³-hybridized carbons (Fsp3) is 0.727. The molecule has 0 spiro atoms. The Kier molecular flexibility index (Phi) is 5.83. The zero-order valence-corrected chi connectivity index (χ0v) is 10.6. The quantitative estimate of drug-likeness (QED) is 0.776. The third kappa shape index (κ3) is 4.28. The number of nitrogens with zero attached hydrogens (tertiary/aromatic N) is 2. The average molecular weight is 228 g/mol. The summed E-state index contributed by atoms with van der Waals surface area (Å²) in [7, 11) is 0. The Morgan fingerprint density at radius 1 is 1.40 bits per heavy atom. The van der Waals surface area contributed by atoms with Crippen molar-refractivity contribution in [3.05, 3.63) is 16.1 Å². The molecule has 1 aromatic rings. The highest BCUT2D eigenvalue weighted by Crippen LogP contribution is 2.14. The molecule has 0 aromatic carbocycles. The highest BCUT2D eigenvalue weighted by atomic mass is 32.1. The minimum Gasteiger partial charge on any atom is -0.379 e. The molecule has 0 unspecified atom stereocenters. The Bertz CT molecular complexity index is 269. The van der Waals surface area contributed by atoms with E-state index in [1.807, 2.05) is 27.0 Å². The number of morpholine rings is 1. The molecule has 4 heteroatoms. The molecule has 1 aliphatic heterocycles. The van der Waals surface area contributed by atoms with Crippen molar-refractivity contribution in [2.24, 2.45) is 0 Å². The van der Waals surface area contributed by atoms with E-state index in [-0.39, 0.29) is 0 Å². The maximum atomic E-state index is 5.29. The van der Waals surface area contributed by atoms with Crippen LogP contribution >= 0.6 is 11.3 Å². The van der Waals surface area contributed by atoms with Gasteiger partial charge >= 0.3 is 0 Å². The molecule has 1 saturated heterocycles. The SMILES string of the molecule is CC.Cc1ncc(CN2CCOCC2)s1. The van der Waals surface area contributed by atoms with Crippen LogP contribution in [0.4, 0.5) is 0 Å². The minimum atomic E-state index is 0.873. The van der Waals surface area contributed by atoms with E-state index in [2.05, 4.69) is 9.88 Å². The molecule has 15 heavy (non-hydrogen) atoms. The van der Waals surface area contributed by atoms with Gasteiger partial charge in [0.25, 0.3) is 0 Å². The average Bonchev–Trinajstić information content (AvgIpc) is 2.68. The van der Waals surface area contributed by atoms with E-state index < -0.39 is 0 Å². The molecule has 0 N–H and O–H groups in total. The minimum absolute atomic E-state index is 0.873. The number of thiazole rings is 1. The third-order valence-electron chi connectivity index (χ3n) is 2.15. The van der Waals surface area contributed by atoms with Gasteiger partial charge in [-0.15, -0.1) is 11.3 Å². The van der Waals surface area contributed by atoms with Gasteiger partial charge in [0.05, 0.1) is 18.2 Å². The predicted molar refractivity (Wildman–Crippen MR) is 64.3 cm³/mol. The lowest BCUT2D eigenvalue weighted by Crippen LogP contribution is -2.35. The molecule has 2 rings (SSSR count). The van der Waals surface area contributed by atoms with Gasteiger partial charge in [-0.2, -0.15) is 0 Å². The molecule has 0 radical (unpaired) electrons. The van der Waals surface area contributed by atoms with Gasteiger partial charge in [-0.05, 0) is 6.92 Å². The summed E-state index contributed by atoms with van der Waals surface area (Å²) in [5.74, 6) is 0. The molecule has 1 fully saturated rings. The molecule has 0 bridgehead atoms. The first-order chi connectivity index (χ1) is 7.34. The van der Waals surface area contributed by atoms with Crippen molar-refractivity contribution in [1.82, 2.24) is 9.88 Å². The van der Waals surface area contributed by atoms with Crippen LogP contribution in [0.25, 0.3) is 0 Å². The van der Waals surface area contributed by atoms with Crippen LogP contribution in [0.1, 0.15) is 23.7 Å². The fourth-order valence-corrected chi connectivity index (χ4v) is 2.30. The Hall–Kier alpha value is -0.450. The van der Waals surface area contributed by atoms with Gasteiger partial charge in [-0.25, -0.2) is 4.98 Å². The van der Waals surface area contributed by atoms with E-state index >= 15 is 0 Å². The van der Waals surface area contributed by atoms with Crippen LogP contribution in [0.15, 0.2) is 6.20 Å². The number of ether oxygens (including phenoxy) is 1. The van der Waals surface area contributed by atoms with E-state index in [1.165, 1.54) is 4.88 Å². The Labute approximate surface area is 96.1 Å². The van der Waals surface area contributed by atoms with E-state index in [9.17, 15) is 0 Å². The second kappa shape index (κ2) is 6.93. The molecule has 0 aliphatic carbocycles. The van der Waals surface area contributed by atoms with Gasteiger partial charge in [0.2, 0.25) is 0 Å². The van der Waals surface area contributed by atoms with Crippen molar-refractivity contribution in [3.8, 4) is 0 Å². The van der Waals surface area contributed by atoms with Gasteiger partial charge < -0.3 is 4.74 Å². The van der Waals surface area contributed by atoms with E-state index in [1.54, 1.807) is 11.3 Å². The number of rotatable bonds is 2. The zero-order chi connectivity index (χ0) is 11.1. The zero-order valence-electron chi connectivity index (χ0n) is 9.82. The largest absolute Gasteiger partial charge is 0.379 e. The lowest BCUT2D eigenvalue weighted by Gasteiger charge is -2.25. The summed E-state index contributed by atoms with van der Waals surface area (Å²) in [5.41, 5.74) is 0. The van der Waals surface area contributed by atoms with Crippen LogP contribution in [0, 0.1) is 6.92 Å². The molecule has 0 atom stereocenters. The first kappa shape index (κ1) is 12.6. The highest BCUT2D eigenvalue weighted by Gasteiger charge is 2.11. The van der Waals surface area contributed by atoms with Gasteiger partial charge in [0, 0.05) is 30.7 Å². The lowest BCUT2D eigenvalue weighted by atomic mass is 10.4. The first-order valence-electron chi connectivity index (χ1n) is 5.56. The molecule has 1 aromatic heterocycles. The standard InChI is InChI=1S/C9H14N2OS.C2H6/c1-8-10-6-9(13-8)7-11-2-4-12-5-3-11;1-2/h6H,2-5,7H2,1H3;1-2H3. The Balaban J connectivity index is 0.000000531. The summed E-state index contributed by atoms with van der Waals surface area (Å²) < 4.78 is 5.29. The first-order valence-corrected chi connectivity index (χ1v) is 6.37. The molecular weight excluding hydrogens is 208 g/mol. The van der Waals surface area contributed by atoms with Gasteiger partial charge in [0.1, 0.15) is 0 Å². The maximum Gasteiger partial charge on any atom is 0.0897 e. The summed E-state index contributed by atoms with van der Waals surface area (Å²) in [6.07, 6.45) is 1.98. The van der Waals surface area contributed by atoms with Gasteiger partial charge in [-0.1, -0.05) is 13.8 Å². The number of aromatic nitrogens is 1. The Morgan fingerprint density at radius 3 is 2.60 bits per heavy atom. The van der Waals surface area contributed by atoms with Crippen LogP contribution in [0.5, 0.6) is 0 Å². The van der Waals surface area contributed by atoms with Crippen molar-refractivity contribution in [2.75, 3.05) is 26.3 Å². The number of hydrogen-bond acceptors (Lipinski definition) is 4. The third-order valence-corrected chi connectivity index (χ3v) is 3.05. The molecular formula is C11H20N2OS. The summed E-state index contributed by atoms with van der Waals surface area (Å²) in [5, 5.41) is 1.16. The van der Waals surface area contributed by atoms with Crippen LogP contribution in [-0.4, -0.2) is 36.2 Å². The summed E-state index contributed by atoms with van der Waals surface area (Å²) in [6.45, 7) is 10.9. The van der Waals surface area contributed by atoms with Crippen molar-refractivity contribution < 1.29 is 4.74 Å². The van der Waals surface area contributed by atoms with Gasteiger partial charge in [0.15, 0.2) is 0 Å². The van der Waals surface area contributed by atoms with Crippen LogP contribution < -0.4 is 0 Å². The molecule has 1 aliphatic rings. The predicted octanol–water partition coefficient (Wildman–Crippen LogP) is 2.31. The summed E-state index contributed by atoms with van der Waals surface area (Å²) >= 11 is 1.79. The van der Waals surface area contributed by atoms with E-state index in [0.717, 1.165) is 37.9 Å².